The molecule has 0 spiro atoms. The number of amides is 2. The number of rotatable bonds is 11. The Morgan fingerprint density at radius 1 is 0.953 bits per heavy atom. The predicted octanol–water partition coefficient (Wildman–Crippen LogP) is 2.71. The Morgan fingerprint density at radius 3 is 2.19 bits per heavy atom. The maximum absolute atomic E-state index is 12.4. The van der Waals surface area contributed by atoms with E-state index in [9.17, 15) is 29.4 Å². The van der Waals surface area contributed by atoms with Crippen molar-refractivity contribution in [1.29, 1.82) is 0 Å². The molecule has 10 heteroatoms. The number of hydrogen-bond acceptors (Lipinski definition) is 4. The molecule has 0 aliphatic carbocycles. The van der Waals surface area contributed by atoms with Gasteiger partial charge in [0.05, 0.1) is 17.7 Å². The molecule has 0 saturated heterocycles. The van der Waals surface area contributed by atoms with E-state index < -0.39 is 11.9 Å². The van der Waals surface area contributed by atoms with Crippen molar-refractivity contribution < 1.29 is 29.4 Å². The van der Waals surface area contributed by atoms with Crippen molar-refractivity contribution >= 4 is 41.6 Å². The van der Waals surface area contributed by atoms with Crippen LogP contribution in [0.15, 0.2) is 40.4 Å². The van der Waals surface area contributed by atoms with Crippen LogP contribution in [0.4, 0.5) is 0 Å². The van der Waals surface area contributed by atoms with Crippen molar-refractivity contribution in [1.82, 2.24) is 15.3 Å². The highest BCUT2D eigenvalue weighted by Gasteiger charge is 2.29. The summed E-state index contributed by atoms with van der Waals surface area (Å²) in [7, 11) is 0. The second-order valence-corrected chi connectivity index (χ2v) is 11.1. The second kappa shape index (κ2) is 12.6. The smallest absolute Gasteiger partial charge is 0.303 e. The number of hydrogen-bond donors (Lipinski definition) is 5. The zero-order valence-corrected chi connectivity index (χ0v) is 25.2. The van der Waals surface area contributed by atoms with Crippen LogP contribution in [-0.2, 0) is 38.4 Å². The lowest BCUT2D eigenvalue weighted by Gasteiger charge is -2.12. The first-order valence-electron chi connectivity index (χ1n) is 14.3. The number of allylic oxidation sites excluding steroid dienone is 1. The fourth-order valence-corrected chi connectivity index (χ4v) is 5.90. The highest BCUT2D eigenvalue weighted by molar-refractivity contribution is 6.29. The van der Waals surface area contributed by atoms with Crippen molar-refractivity contribution in [2.24, 2.45) is 10.9 Å². The molecule has 5 N–H and O–H groups in total. The quantitative estimate of drug-likeness (QED) is 0.272. The van der Waals surface area contributed by atoms with Crippen molar-refractivity contribution in [2.45, 2.75) is 72.8 Å². The van der Waals surface area contributed by atoms with E-state index in [2.05, 4.69) is 26.9 Å². The summed E-state index contributed by atoms with van der Waals surface area (Å²) in [5, 5.41) is 23.3. The second-order valence-electron chi connectivity index (χ2n) is 11.1. The van der Waals surface area contributed by atoms with Gasteiger partial charge in [-0.25, -0.2) is 4.99 Å². The number of aromatic amines is 2. The molecule has 2 aliphatic rings. The van der Waals surface area contributed by atoms with Gasteiger partial charge in [-0.15, -0.1) is 0 Å². The van der Waals surface area contributed by atoms with Gasteiger partial charge in [0.15, 0.2) is 0 Å². The highest BCUT2D eigenvalue weighted by atomic mass is 16.4. The predicted molar refractivity (Wildman–Crippen MR) is 164 cm³/mol. The van der Waals surface area contributed by atoms with Crippen LogP contribution in [0.5, 0.6) is 0 Å². The largest absolute Gasteiger partial charge is 0.481 e. The zero-order chi connectivity index (χ0) is 31.6. The lowest BCUT2D eigenvalue weighted by atomic mass is 9.98. The molecule has 2 aromatic rings. The van der Waals surface area contributed by atoms with E-state index in [1.807, 2.05) is 52.8 Å². The highest BCUT2D eigenvalue weighted by Crippen LogP contribution is 2.27. The Hall–Kier alpha value is -4.73. The molecule has 2 aromatic heterocycles. The number of carboxylic acids is 2. The van der Waals surface area contributed by atoms with Crippen LogP contribution in [0.25, 0.3) is 12.2 Å². The summed E-state index contributed by atoms with van der Waals surface area (Å²) in [6.07, 6.45) is 8.05. The van der Waals surface area contributed by atoms with Gasteiger partial charge >= 0.3 is 11.9 Å². The molecule has 10 nitrogen and oxygen atoms in total. The molecule has 0 aromatic carbocycles. The molecular weight excluding hydrogens is 548 g/mol. The third kappa shape index (κ3) is 6.38. The first kappa shape index (κ1) is 31.2. The van der Waals surface area contributed by atoms with Crippen LogP contribution in [0, 0.1) is 19.8 Å². The first-order valence-corrected chi connectivity index (χ1v) is 14.3. The molecular formula is C33H38N4O6. The number of H-pyrrole nitrogens is 2. The third-order valence-electron chi connectivity index (χ3n) is 8.50. The maximum Gasteiger partial charge on any atom is 0.303 e. The van der Waals surface area contributed by atoms with Crippen LogP contribution in [0.1, 0.15) is 67.3 Å². The molecule has 4 rings (SSSR count). The summed E-state index contributed by atoms with van der Waals surface area (Å²) < 4.78 is 0. The van der Waals surface area contributed by atoms with Gasteiger partial charge in [-0.2, -0.15) is 0 Å². The number of carboxylic acid groups (broad SMARTS) is 2. The van der Waals surface area contributed by atoms with E-state index in [-0.39, 0.29) is 49.5 Å². The Kier molecular flexibility index (Phi) is 9.18. The normalized spacial score (nSPS) is 20.4. The lowest BCUT2D eigenvalue weighted by molar-refractivity contribution is -0.138. The number of nitrogens with one attached hydrogen (secondary N) is 3. The maximum atomic E-state index is 12.4. The Morgan fingerprint density at radius 2 is 1.60 bits per heavy atom. The van der Waals surface area contributed by atoms with E-state index in [0.29, 0.717) is 34.1 Å². The van der Waals surface area contributed by atoms with Crippen LogP contribution < -0.4 is 16.0 Å². The summed E-state index contributed by atoms with van der Waals surface area (Å²) in [6.45, 7) is 13.2. The average molecular weight is 587 g/mol. The van der Waals surface area contributed by atoms with Gasteiger partial charge in [0.2, 0.25) is 0 Å². The fourth-order valence-electron chi connectivity index (χ4n) is 5.90. The molecule has 0 unspecified atom stereocenters. The Labute approximate surface area is 249 Å². The van der Waals surface area contributed by atoms with Gasteiger partial charge in [0.25, 0.3) is 11.8 Å². The molecule has 4 heterocycles. The number of carbonyl (C=O) groups is 4. The minimum atomic E-state index is -0.922. The van der Waals surface area contributed by atoms with Gasteiger partial charge in [-0.05, 0) is 93.0 Å². The molecule has 2 aliphatic heterocycles. The summed E-state index contributed by atoms with van der Waals surface area (Å²) in [4.78, 5) is 58.8. The number of nitrogens with zero attached hydrogens (tertiary/aromatic N) is 1. The van der Waals surface area contributed by atoms with Crippen molar-refractivity contribution in [2.75, 3.05) is 0 Å². The molecule has 43 heavy (non-hydrogen) atoms. The third-order valence-corrected chi connectivity index (χ3v) is 8.50. The molecule has 2 amide bonds. The van der Waals surface area contributed by atoms with Gasteiger partial charge < -0.3 is 25.5 Å². The van der Waals surface area contributed by atoms with Gasteiger partial charge in [0.1, 0.15) is 0 Å². The van der Waals surface area contributed by atoms with E-state index in [1.54, 1.807) is 6.08 Å². The molecule has 0 fully saturated rings. The van der Waals surface area contributed by atoms with E-state index >= 15 is 0 Å². The number of aliphatic carboxylic acids is 2. The van der Waals surface area contributed by atoms with Gasteiger partial charge in [-0.3, -0.25) is 19.2 Å². The van der Waals surface area contributed by atoms with Crippen LogP contribution >= 0.6 is 0 Å². The standard InChI is InChI=1S/C33H38N4O6/c1-7-20-19(6)32(42)37-27(20)14-25-18(5)23(10-12-31(40)41)29(35-25)15-28-22(9-11-30(38)39)17(4)24(34-28)13-26-16(3)21(8-2)33(43)36-26/h7-8,14-15,19,26,34-35H,2,9-13H2,1,3-6H3,(H,36,43)(H,38,39)(H,40,41)/b20-7-,25-14?,29-15-/t19-,26-/m1/s1. The minimum Gasteiger partial charge on any atom is -0.481 e. The minimum absolute atomic E-state index is 0.0640. The number of aromatic nitrogens is 2. The van der Waals surface area contributed by atoms with Crippen molar-refractivity contribution in [3.05, 3.63) is 79.8 Å². The fraction of sp³-hybridized carbons (Fsp3) is 0.364. The topological polar surface area (TPSA) is 165 Å². The molecule has 0 bridgehead atoms. The summed E-state index contributed by atoms with van der Waals surface area (Å²) in [5.41, 5.74) is 7.85. The van der Waals surface area contributed by atoms with E-state index in [1.165, 1.54) is 0 Å². The van der Waals surface area contributed by atoms with Crippen LogP contribution in [0.2, 0.25) is 0 Å². The summed E-state index contributed by atoms with van der Waals surface area (Å²) in [5.74, 6) is -2.54. The van der Waals surface area contributed by atoms with Crippen LogP contribution in [-0.4, -0.2) is 55.7 Å². The average Bonchev–Trinajstić information content (AvgIpc) is 3.59. The van der Waals surface area contributed by atoms with Crippen molar-refractivity contribution in [3.8, 4) is 0 Å². The Bertz CT molecular complexity index is 1750. The number of aliphatic imine (C=N–C) groups is 1. The number of carbonyl (C=O) groups excluding carboxylic acids is 2. The van der Waals surface area contributed by atoms with Gasteiger partial charge in [-0.1, -0.05) is 18.7 Å². The van der Waals surface area contributed by atoms with Crippen LogP contribution in [0.3, 0.4) is 0 Å². The SMILES string of the molecule is C=CC1=C(C)[C@@H](Cc2[nH]c(/C=c3\[nH]c(=CC4=NC(=O)[C@H](C)/C4=C/C)c(C)c3CCC(=O)O)c(CCC(=O)O)c2C)NC1=O. The Balaban J connectivity index is 1.86. The molecule has 0 saturated carbocycles. The zero-order valence-electron chi connectivity index (χ0n) is 25.2. The monoisotopic (exact) mass is 586 g/mol. The van der Waals surface area contributed by atoms with Gasteiger partial charge in [0, 0.05) is 46.9 Å². The summed E-state index contributed by atoms with van der Waals surface area (Å²) >= 11 is 0. The molecule has 0 radical (unpaired) electrons. The van der Waals surface area contributed by atoms with Crippen molar-refractivity contribution in [3.63, 3.8) is 0 Å². The van der Waals surface area contributed by atoms with E-state index in [0.717, 1.165) is 39.1 Å². The molecule has 226 valence electrons. The summed E-state index contributed by atoms with van der Waals surface area (Å²) in [6, 6.07) is -0.226. The lowest BCUT2D eigenvalue weighted by Crippen LogP contribution is -2.30. The first-order chi connectivity index (χ1) is 20.4. The van der Waals surface area contributed by atoms with E-state index in [4.69, 9.17) is 0 Å². The molecule has 2 atom stereocenters.